The van der Waals surface area contributed by atoms with E-state index < -0.39 is 7.14 Å². The molecule has 100 valence electrons. The second kappa shape index (κ2) is 6.14. The highest BCUT2D eigenvalue weighted by atomic mass is 35.5. The Hall–Kier alpha value is -1.44. The number of halogens is 1. The Labute approximate surface area is 117 Å². The van der Waals surface area contributed by atoms with E-state index in [-0.39, 0.29) is 17.7 Å². The molecule has 1 N–H and O–H groups in total. The zero-order chi connectivity index (χ0) is 13.7. The van der Waals surface area contributed by atoms with E-state index in [1.165, 1.54) is 6.07 Å². The van der Waals surface area contributed by atoms with Gasteiger partial charge in [-0.1, -0.05) is 42.5 Å². The van der Waals surface area contributed by atoms with Crippen LogP contribution < -0.4 is 10.0 Å². The number of alkyl halides is 1. The van der Waals surface area contributed by atoms with Gasteiger partial charge in [0.05, 0.1) is 5.62 Å². The van der Waals surface area contributed by atoms with Crippen molar-refractivity contribution in [2.75, 3.05) is 12.0 Å². The molecule has 0 bridgehead atoms. The van der Waals surface area contributed by atoms with Crippen molar-refractivity contribution >= 4 is 24.0 Å². The smallest absolute Gasteiger partial charge is 0.165 e. The number of phenols is 1. The largest absolute Gasteiger partial charge is 0.504 e. The van der Waals surface area contributed by atoms with Crippen LogP contribution in [0.25, 0.3) is 0 Å². The molecule has 0 aliphatic rings. The first-order valence-electron chi connectivity index (χ1n) is 5.76. The van der Waals surface area contributed by atoms with Crippen molar-refractivity contribution in [3.05, 3.63) is 54.6 Å². The van der Waals surface area contributed by atoms with E-state index in [2.05, 4.69) is 0 Å². The number of para-hydroxylation sites is 2. The van der Waals surface area contributed by atoms with Gasteiger partial charge >= 0.3 is 0 Å². The standard InChI is InChI=1S/C14H14ClO3P/c15-10-19(17,12-6-2-1-3-7-12)11-18-14-9-5-4-8-13(14)16/h1-9,16H,10-11H2. The van der Waals surface area contributed by atoms with Crippen LogP contribution in [0.5, 0.6) is 11.5 Å². The third-order valence-corrected chi connectivity index (χ3v) is 6.04. The van der Waals surface area contributed by atoms with Crippen LogP contribution in [-0.2, 0) is 4.57 Å². The van der Waals surface area contributed by atoms with Crippen molar-refractivity contribution in [2.24, 2.45) is 0 Å². The third-order valence-electron chi connectivity index (χ3n) is 2.71. The number of rotatable bonds is 5. The van der Waals surface area contributed by atoms with Crippen molar-refractivity contribution in [3.63, 3.8) is 0 Å². The van der Waals surface area contributed by atoms with Crippen LogP contribution in [0.4, 0.5) is 0 Å². The predicted octanol–water partition coefficient (Wildman–Crippen LogP) is 3.61. The maximum atomic E-state index is 12.7. The molecule has 0 aromatic heterocycles. The number of hydrogen-bond acceptors (Lipinski definition) is 3. The first-order valence-corrected chi connectivity index (χ1v) is 8.37. The highest BCUT2D eigenvalue weighted by Crippen LogP contribution is 2.45. The minimum absolute atomic E-state index is 0.00457. The fourth-order valence-corrected chi connectivity index (χ4v) is 3.67. The average Bonchev–Trinajstić information content (AvgIpc) is 2.47. The summed E-state index contributed by atoms with van der Waals surface area (Å²) in [5.41, 5.74) is 0.00457. The van der Waals surface area contributed by atoms with Gasteiger partial charge in [0.2, 0.25) is 0 Å². The lowest BCUT2D eigenvalue weighted by atomic mass is 10.3. The molecule has 0 amide bonds. The summed E-state index contributed by atoms with van der Waals surface area (Å²) in [6.45, 7) is 0. The van der Waals surface area contributed by atoms with E-state index in [1.807, 2.05) is 18.2 Å². The summed E-state index contributed by atoms with van der Waals surface area (Å²) in [5.74, 6) is 0.334. The van der Waals surface area contributed by atoms with Crippen LogP contribution in [0.3, 0.4) is 0 Å². The van der Waals surface area contributed by atoms with E-state index in [0.29, 0.717) is 11.1 Å². The Balaban J connectivity index is 2.17. The molecule has 0 radical (unpaired) electrons. The fraction of sp³-hybridized carbons (Fsp3) is 0.143. The van der Waals surface area contributed by atoms with Gasteiger partial charge in [0, 0.05) is 5.30 Å². The van der Waals surface area contributed by atoms with Gasteiger partial charge in [-0.3, -0.25) is 0 Å². The summed E-state index contributed by atoms with van der Waals surface area (Å²) >= 11 is 5.84. The Morgan fingerprint density at radius 3 is 2.32 bits per heavy atom. The minimum atomic E-state index is -2.81. The Morgan fingerprint density at radius 2 is 1.68 bits per heavy atom. The normalized spacial score (nSPS) is 13.7. The van der Waals surface area contributed by atoms with Gasteiger partial charge in [0.25, 0.3) is 0 Å². The highest BCUT2D eigenvalue weighted by molar-refractivity contribution is 7.72. The topological polar surface area (TPSA) is 46.5 Å². The molecule has 5 heteroatoms. The second-order valence-electron chi connectivity index (χ2n) is 4.09. The van der Waals surface area contributed by atoms with E-state index in [1.54, 1.807) is 30.3 Å². The summed E-state index contributed by atoms with van der Waals surface area (Å²) < 4.78 is 18.2. The predicted molar refractivity (Wildman–Crippen MR) is 78.0 cm³/mol. The zero-order valence-corrected chi connectivity index (χ0v) is 11.8. The van der Waals surface area contributed by atoms with E-state index in [0.717, 1.165) is 0 Å². The molecule has 2 aromatic carbocycles. The van der Waals surface area contributed by atoms with Crippen molar-refractivity contribution in [1.29, 1.82) is 0 Å². The quantitative estimate of drug-likeness (QED) is 0.677. The summed E-state index contributed by atoms with van der Waals surface area (Å²) in [6, 6.07) is 15.6. The number of benzene rings is 2. The van der Waals surface area contributed by atoms with Crippen LogP contribution in [-0.4, -0.2) is 17.1 Å². The minimum Gasteiger partial charge on any atom is -0.504 e. The molecular weight excluding hydrogens is 283 g/mol. The first kappa shape index (κ1) is 14.0. The summed E-state index contributed by atoms with van der Waals surface area (Å²) in [7, 11) is -2.81. The molecule has 0 aliphatic carbocycles. The summed E-state index contributed by atoms with van der Waals surface area (Å²) in [6.07, 6.45) is -0.0297. The average molecular weight is 297 g/mol. The van der Waals surface area contributed by atoms with Crippen molar-refractivity contribution in [2.45, 2.75) is 0 Å². The molecule has 0 heterocycles. The van der Waals surface area contributed by atoms with Gasteiger partial charge in [-0.15, -0.1) is 11.6 Å². The molecular formula is C14H14ClO3P. The van der Waals surface area contributed by atoms with Crippen molar-refractivity contribution in [1.82, 2.24) is 0 Å². The Morgan fingerprint density at radius 1 is 1.05 bits per heavy atom. The maximum Gasteiger partial charge on any atom is 0.165 e. The summed E-state index contributed by atoms with van der Waals surface area (Å²) in [4.78, 5) is 0. The lowest BCUT2D eigenvalue weighted by Gasteiger charge is -2.17. The molecule has 3 nitrogen and oxygen atoms in total. The van der Waals surface area contributed by atoms with Crippen molar-refractivity contribution < 1.29 is 14.4 Å². The van der Waals surface area contributed by atoms with Crippen LogP contribution in [0.1, 0.15) is 0 Å². The molecule has 2 aromatic rings. The molecule has 0 fully saturated rings. The summed E-state index contributed by atoms with van der Waals surface area (Å²) in [5, 5.41) is 10.3. The number of phenolic OH excluding ortho intramolecular Hbond substituents is 1. The molecule has 1 atom stereocenters. The number of hydrogen-bond donors (Lipinski definition) is 1. The Kier molecular flexibility index (Phi) is 4.52. The van der Waals surface area contributed by atoms with Gasteiger partial charge in [0.15, 0.2) is 18.6 Å². The highest BCUT2D eigenvalue weighted by Gasteiger charge is 2.24. The molecule has 2 rings (SSSR count). The fourth-order valence-electron chi connectivity index (χ4n) is 1.63. The molecule has 0 saturated carbocycles. The third kappa shape index (κ3) is 3.31. The van der Waals surface area contributed by atoms with Crippen LogP contribution in [0, 0.1) is 0 Å². The van der Waals surface area contributed by atoms with Gasteiger partial charge in [-0.05, 0) is 12.1 Å². The number of ether oxygens (including phenoxy) is 1. The molecule has 1 unspecified atom stereocenters. The molecule has 19 heavy (non-hydrogen) atoms. The van der Waals surface area contributed by atoms with E-state index in [9.17, 15) is 9.67 Å². The SMILES string of the molecule is O=P(CCl)(COc1ccccc1O)c1ccccc1. The zero-order valence-electron chi connectivity index (χ0n) is 10.2. The van der Waals surface area contributed by atoms with E-state index in [4.69, 9.17) is 16.3 Å². The monoisotopic (exact) mass is 296 g/mol. The maximum absolute atomic E-state index is 12.7. The molecule has 0 spiro atoms. The first-order chi connectivity index (χ1) is 9.15. The van der Waals surface area contributed by atoms with Gasteiger partial charge in [0.1, 0.15) is 6.35 Å². The lowest BCUT2D eigenvalue weighted by molar-refractivity contribution is 0.349. The van der Waals surface area contributed by atoms with Crippen LogP contribution in [0.2, 0.25) is 0 Å². The molecule has 0 saturated heterocycles. The van der Waals surface area contributed by atoms with Gasteiger partial charge in [-0.2, -0.15) is 0 Å². The van der Waals surface area contributed by atoms with Gasteiger partial charge < -0.3 is 14.4 Å². The van der Waals surface area contributed by atoms with Crippen LogP contribution in [0.15, 0.2) is 54.6 Å². The molecule has 0 aliphatic heterocycles. The van der Waals surface area contributed by atoms with E-state index >= 15 is 0 Å². The van der Waals surface area contributed by atoms with Gasteiger partial charge in [-0.25, -0.2) is 0 Å². The van der Waals surface area contributed by atoms with Crippen molar-refractivity contribution in [3.8, 4) is 11.5 Å². The van der Waals surface area contributed by atoms with Crippen LogP contribution >= 0.6 is 18.7 Å². The lowest BCUT2D eigenvalue weighted by Crippen LogP contribution is -2.12. The Bertz CT molecular complexity index is 586. The second-order valence-corrected chi connectivity index (χ2v) is 7.59. The number of aromatic hydroxyl groups is 1.